The zero-order valence-electron chi connectivity index (χ0n) is 9.78. The second-order valence-corrected chi connectivity index (χ2v) is 5.10. The van der Waals surface area contributed by atoms with E-state index in [-0.39, 0.29) is 17.0 Å². The molecule has 3 N–H and O–H groups in total. The van der Waals surface area contributed by atoms with Crippen LogP contribution in [0.15, 0.2) is 24.3 Å². The van der Waals surface area contributed by atoms with Crippen molar-refractivity contribution >= 4 is 23.4 Å². The first-order chi connectivity index (χ1) is 8.13. The Balaban J connectivity index is 2.40. The van der Waals surface area contributed by atoms with Crippen LogP contribution in [0, 0.1) is 5.82 Å². The van der Waals surface area contributed by atoms with E-state index in [4.69, 9.17) is 5.73 Å². The predicted octanol–water partition coefficient (Wildman–Crippen LogP) is 2.23. The maximum absolute atomic E-state index is 12.7. The molecule has 0 fully saturated rings. The van der Waals surface area contributed by atoms with E-state index in [1.54, 1.807) is 23.9 Å². The molecule has 0 aliphatic carbocycles. The van der Waals surface area contributed by atoms with Crippen LogP contribution in [0.3, 0.4) is 0 Å². The fraction of sp³-hybridized carbons (Fsp3) is 0.417. The highest BCUT2D eigenvalue weighted by molar-refractivity contribution is 8.00. The summed E-state index contributed by atoms with van der Waals surface area (Å²) in [5.74, 6) is 0.487. The standard InChI is InChI=1S/C12H17FN2OS/c1-9(17-8-2-7-14)12(16)15-11-5-3-10(13)4-6-11/h3-6,9H,2,7-8,14H2,1H3,(H,15,16). The summed E-state index contributed by atoms with van der Waals surface area (Å²) in [5.41, 5.74) is 5.99. The smallest absolute Gasteiger partial charge is 0.237 e. The number of hydrogen-bond donors (Lipinski definition) is 2. The van der Waals surface area contributed by atoms with Crippen LogP contribution >= 0.6 is 11.8 Å². The minimum absolute atomic E-state index is 0.0707. The zero-order valence-corrected chi connectivity index (χ0v) is 10.6. The summed E-state index contributed by atoms with van der Waals surface area (Å²) in [4.78, 5) is 11.7. The van der Waals surface area contributed by atoms with Gasteiger partial charge in [-0.25, -0.2) is 4.39 Å². The van der Waals surface area contributed by atoms with Crippen molar-refractivity contribution in [3.63, 3.8) is 0 Å². The molecule has 5 heteroatoms. The summed E-state index contributed by atoms with van der Waals surface area (Å²) < 4.78 is 12.7. The summed E-state index contributed by atoms with van der Waals surface area (Å²) in [6, 6.07) is 5.73. The van der Waals surface area contributed by atoms with Gasteiger partial charge in [-0.2, -0.15) is 0 Å². The normalized spacial score (nSPS) is 12.2. The molecular weight excluding hydrogens is 239 g/mol. The van der Waals surface area contributed by atoms with E-state index < -0.39 is 0 Å². The van der Waals surface area contributed by atoms with Gasteiger partial charge >= 0.3 is 0 Å². The van der Waals surface area contributed by atoms with Gasteiger partial charge in [0.05, 0.1) is 5.25 Å². The number of anilines is 1. The van der Waals surface area contributed by atoms with Gasteiger partial charge in [0.15, 0.2) is 0 Å². The Labute approximate surface area is 105 Å². The molecule has 0 bridgehead atoms. The number of carbonyl (C=O) groups excluding carboxylic acids is 1. The molecule has 3 nitrogen and oxygen atoms in total. The second kappa shape index (κ2) is 7.29. The van der Waals surface area contributed by atoms with Gasteiger partial charge in [0.2, 0.25) is 5.91 Å². The first-order valence-electron chi connectivity index (χ1n) is 5.51. The Morgan fingerprint density at radius 1 is 1.47 bits per heavy atom. The highest BCUT2D eigenvalue weighted by Crippen LogP contribution is 2.15. The van der Waals surface area contributed by atoms with Crippen molar-refractivity contribution in [2.24, 2.45) is 5.73 Å². The molecule has 1 unspecified atom stereocenters. The minimum atomic E-state index is -0.312. The number of hydrogen-bond acceptors (Lipinski definition) is 3. The molecule has 0 aliphatic heterocycles. The number of nitrogens with one attached hydrogen (secondary N) is 1. The average Bonchev–Trinajstić information content (AvgIpc) is 2.32. The Morgan fingerprint density at radius 3 is 2.71 bits per heavy atom. The van der Waals surface area contributed by atoms with E-state index in [0.29, 0.717) is 12.2 Å². The van der Waals surface area contributed by atoms with Gasteiger partial charge in [0.1, 0.15) is 5.82 Å². The molecule has 0 aromatic heterocycles. The van der Waals surface area contributed by atoms with Crippen LogP contribution in [-0.4, -0.2) is 23.5 Å². The molecule has 1 rings (SSSR count). The Bertz CT molecular complexity index is 356. The number of nitrogens with two attached hydrogens (primary N) is 1. The molecule has 1 aromatic rings. The van der Waals surface area contributed by atoms with Gasteiger partial charge in [0.25, 0.3) is 0 Å². The topological polar surface area (TPSA) is 55.1 Å². The molecule has 1 atom stereocenters. The summed E-state index contributed by atoms with van der Waals surface area (Å²) in [6.07, 6.45) is 0.902. The van der Waals surface area contributed by atoms with Crippen molar-refractivity contribution < 1.29 is 9.18 Å². The first kappa shape index (κ1) is 14.0. The van der Waals surface area contributed by atoms with Crippen molar-refractivity contribution in [2.75, 3.05) is 17.6 Å². The van der Waals surface area contributed by atoms with Crippen molar-refractivity contribution in [1.82, 2.24) is 0 Å². The van der Waals surface area contributed by atoms with Gasteiger partial charge in [0, 0.05) is 5.69 Å². The van der Waals surface area contributed by atoms with E-state index in [9.17, 15) is 9.18 Å². The third kappa shape index (κ3) is 5.19. The van der Waals surface area contributed by atoms with Crippen LogP contribution < -0.4 is 11.1 Å². The lowest BCUT2D eigenvalue weighted by Crippen LogP contribution is -2.23. The summed E-state index contributed by atoms with van der Waals surface area (Å²) in [6.45, 7) is 2.49. The number of benzene rings is 1. The van der Waals surface area contributed by atoms with Crippen molar-refractivity contribution in [1.29, 1.82) is 0 Å². The van der Waals surface area contributed by atoms with Crippen LogP contribution in [0.1, 0.15) is 13.3 Å². The van der Waals surface area contributed by atoms with Crippen LogP contribution in [0.4, 0.5) is 10.1 Å². The Morgan fingerprint density at radius 2 is 2.12 bits per heavy atom. The van der Waals surface area contributed by atoms with Crippen LogP contribution in [0.25, 0.3) is 0 Å². The summed E-state index contributed by atoms with van der Waals surface area (Å²) >= 11 is 1.57. The molecule has 1 amide bonds. The van der Waals surface area contributed by atoms with Gasteiger partial charge in [-0.15, -0.1) is 11.8 Å². The number of rotatable bonds is 6. The van der Waals surface area contributed by atoms with Crippen molar-refractivity contribution in [3.05, 3.63) is 30.1 Å². The summed E-state index contributed by atoms with van der Waals surface area (Å²) in [5, 5.41) is 2.61. The minimum Gasteiger partial charge on any atom is -0.330 e. The quantitative estimate of drug-likeness (QED) is 0.767. The van der Waals surface area contributed by atoms with E-state index in [1.807, 2.05) is 6.92 Å². The van der Waals surface area contributed by atoms with E-state index >= 15 is 0 Å². The van der Waals surface area contributed by atoms with Crippen molar-refractivity contribution in [3.8, 4) is 0 Å². The summed E-state index contributed by atoms with van der Waals surface area (Å²) in [7, 11) is 0. The van der Waals surface area contributed by atoms with Crippen LogP contribution in [-0.2, 0) is 4.79 Å². The molecule has 0 spiro atoms. The zero-order chi connectivity index (χ0) is 12.7. The van der Waals surface area contributed by atoms with Gasteiger partial charge < -0.3 is 11.1 Å². The third-order valence-electron chi connectivity index (χ3n) is 2.20. The molecular formula is C12H17FN2OS. The maximum atomic E-state index is 12.7. The fourth-order valence-corrected chi connectivity index (χ4v) is 2.09. The molecule has 17 heavy (non-hydrogen) atoms. The number of thioether (sulfide) groups is 1. The molecule has 1 aromatic carbocycles. The molecule has 94 valence electrons. The van der Waals surface area contributed by atoms with Crippen LogP contribution in [0.5, 0.6) is 0 Å². The molecule has 0 saturated heterocycles. The van der Waals surface area contributed by atoms with E-state index in [1.165, 1.54) is 12.1 Å². The lowest BCUT2D eigenvalue weighted by atomic mass is 10.3. The third-order valence-corrected chi connectivity index (χ3v) is 3.44. The largest absolute Gasteiger partial charge is 0.330 e. The van der Waals surface area contributed by atoms with E-state index in [0.717, 1.165) is 12.2 Å². The Hall–Kier alpha value is -1.07. The van der Waals surface area contributed by atoms with Gasteiger partial charge in [-0.05, 0) is 49.9 Å². The van der Waals surface area contributed by atoms with Gasteiger partial charge in [-0.3, -0.25) is 4.79 Å². The Kier molecular flexibility index (Phi) is 6.00. The lowest BCUT2D eigenvalue weighted by molar-refractivity contribution is -0.115. The van der Waals surface area contributed by atoms with E-state index in [2.05, 4.69) is 5.32 Å². The highest BCUT2D eigenvalue weighted by Gasteiger charge is 2.12. The van der Waals surface area contributed by atoms with Gasteiger partial charge in [-0.1, -0.05) is 0 Å². The number of halogens is 1. The molecule has 0 heterocycles. The lowest BCUT2D eigenvalue weighted by Gasteiger charge is -2.11. The maximum Gasteiger partial charge on any atom is 0.237 e. The van der Waals surface area contributed by atoms with Crippen molar-refractivity contribution in [2.45, 2.75) is 18.6 Å². The number of amides is 1. The molecule has 0 radical (unpaired) electrons. The molecule has 0 saturated carbocycles. The monoisotopic (exact) mass is 256 g/mol. The number of carbonyl (C=O) groups is 1. The predicted molar refractivity (Wildman–Crippen MR) is 70.6 cm³/mol. The fourth-order valence-electron chi connectivity index (χ4n) is 1.20. The second-order valence-electron chi connectivity index (χ2n) is 3.65. The van der Waals surface area contributed by atoms with Crippen LogP contribution in [0.2, 0.25) is 0 Å². The molecule has 0 aliphatic rings. The SMILES string of the molecule is CC(SCCCN)C(=O)Nc1ccc(F)cc1. The first-order valence-corrected chi connectivity index (χ1v) is 6.56. The highest BCUT2D eigenvalue weighted by atomic mass is 32.2. The average molecular weight is 256 g/mol.